The third kappa shape index (κ3) is 3.56. The molecule has 154 valence electrons. The Bertz CT molecular complexity index is 1220. The molecule has 5 rings (SSSR count). The van der Waals surface area contributed by atoms with Crippen LogP contribution in [-0.2, 0) is 16.1 Å². The van der Waals surface area contributed by atoms with Crippen LogP contribution in [0, 0.1) is 0 Å². The predicted octanol–water partition coefficient (Wildman–Crippen LogP) is 3.62. The van der Waals surface area contributed by atoms with Gasteiger partial charge in [0.15, 0.2) is 0 Å². The minimum atomic E-state index is -0.448. The molecule has 1 fully saturated rings. The molecule has 4 heterocycles. The van der Waals surface area contributed by atoms with Gasteiger partial charge >= 0.3 is 11.7 Å². The summed E-state index contributed by atoms with van der Waals surface area (Å²) in [7, 11) is 0. The van der Waals surface area contributed by atoms with Crippen molar-refractivity contribution >= 4 is 34.4 Å². The molecule has 10 heteroatoms. The summed E-state index contributed by atoms with van der Waals surface area (Å²) in [6.07, 6.45) is 5.01. The number of ether oxygens (including phenoxy) is 1. The fourth-order valence-corrected chi connectivity index (χ4v) is 5.23. The highest BCUT2D eigenvalue weighted by Gasteiger charge is 2.23. The van der Waals surface area contributed by atoms with Crippen LogP contribution in [-0.4, -0.2) is 36.5 Å². The van der Waals surface area contributed by atoms with E-state index in [4.69, 9.17) is 4.74 Å². The highest BCUT2D eigenvalue weighted by Crippen LogP contribution is 2.34. The summed E-state index contributed by atoms with van der Waals surface area (Å²) in [5.74, 6) is -0.286. The van der Waals surface area contributed by atoms with E-state index in [-0.39, 0.29) is 18.4 Å². The van der Waals surface area contributed by atoms with E-state index in [9.17, 15) is 9.59 Å². The van der Waals surface area contributed by atoms with Gasteiger partial charge in [0, 0.05) is 0 Å². The third-order valence-electron chi connectivity index (χ3n) is 5.15. The summed E-state index contributed by atoms with van der Waals surface area (Å²) < 4.78 is 8.10. The topological polar surface area (TPSA) is 91.4 Å². The number of thiophene rings is 2. The second-order valence-electron chi connectivity index (χ2n) is 7.18. The molecule has 1 aliphatic carbocycles. The van der Waals surface area contributed by atoms with Gasteiger partial charge in [-0.1, -0.05) is 18.6 Å². The predicted molar refractivity (Wildman–Crippen MR) is 115 cm³/mol. The number of carbonyl (C=O) groups is 1. The van der Waals surface area contributed by atoms with E-state index in [1.807, 2.05) is 35.0 Å². The van der Waals surface area contributed by atoms with Crippen LogP contribution in [0.25, 0.3) is 26.9 Å². The van der Waals surface area contributed by atoms with Gasteiger partial charge in [-0.05, 0) is 48.6 Å². The second-order valence-corrected chi connectivity index (χ2v) is 9.07. The van der Waals surface area contributed by atoms with Crippen LogP contribution in [0.2, 0.25) is 0 Å². The zero-order chi connectivity index (χ0) is 20.5. The first kappa shape index (κ1) is 19.1. The Balaban J connectivity index is 1.54. The number of fused-ring (bicyclic) bond motifs is 1. The van der Waals surface area contributed by atoms with Gasteiger partial charge in [0.05, 0.1) is 9.75 Å². The van der Waals surface area contributed by atoms with Gasteiger partial charge < -0.3 is 4.74 Å². The summed E-state index contributed by atoms with van der Waals surface area (Å²) in [6.45, 7) is -0.239. The standard InChI is InChI=1S/C20H19N5O3S2/c26-16(28-13-6-2-1-3-7-13)12-24-20(27)25-18(15-9-5-11-30-15)17(14-8-4-10-29-14)21-22-19(25)23-24/h4-5,8-11,13H,1-3,6-7,12H2. The summed E-state index contributed by atoms with van der Waals surface area (Å²) >= 11 is 3.03. The first-order valence-corrected chi connectivity index (χ1v) is 11.6. The zero-order valence-corrected chi connectivity index (χ0v) is 17.7. The molecule has 0 aliphatic heterocycles. The van der Waals surface area contributed by atoms with E-state index in [1.54, 1.807) is 0 Å². The summed E-state index contributed by atoms with van der Waals surface area (Å²) in [4.78, 5) is 27.4. The number of esters is 1. The van der Waals surface area contributed by atoms with Crippen molar-refractivity contribution < 1.29 is 9.53 Å². The fraction of sp³-hybridized carbons (Fsp3) is 0.350. The number of hydrogen-bond donors (Lipinski definition) is 0. The smallest absolute Gasteiger partial charge is 0.352 e. The highest BCUT2D eigenvalue weighted by atomic mass is 32.1. The second kappa shape index (κ2) is 8.11. The molecular formula is C20H19N5O3S2. The lowest BCUT2D eigenvalue weighted by Gasteiger charge is -2.21. The average Bonchev–Trinajstić information content (AvgIpc) is 3.51. The fourth-order valence-electron chi connectivity index (χ4n) is 3.76. The molecule has 0 spiro atoms. The molecule has 4 aromatic heterocycles. The van der Waals surface area contributed by atoms with Gasteiger partial charge in [-0.25, -0.2) is 9.20 Å². The SMILES string of the molecule is O=C(Cn1nc2nnc(-c3cccs3)c(-c3cccs3)n2c1=O)OC1CCCCC1. The molecule has 4 aromatic rings. The Labute approximate surface area is 179 Å². The maximum absolute atomic E-state index is 13.2. The van der Waals surface area contributed by atoms with Crippen molar-refractivity contribution in [2.45, 2.75) is 44.8 Å². The molecule has 1 saturated carbocycles. The van der Waals surface area contributed by atoms with Crippen LogP contribution >= 0.6 is 22.7 Å². The zero-order valence-electron chi connectivity index (χ0n) is 16.1. The van der Waals surface area contributed by atoms with E-state index in [1.165, 1.54) is 33.5 Å². The largest absolute Gasteiger partial charge is 0.461 e. The number of hydrogen-bond acceptors (Lipinski definition) is 8. The van der Waals surface area contributed by atoms with Crippen molar-refractivity contribution in [2.24, 2.45) is 0 Å². The lowest BCUT2D eigenvalue weighted by molar-refractivity contribution is -0.151. The van der Waals surface area contributed by atoms with Crippen LogP contribution in [0.1, 0.15) is 32.1 Å². The van der Waals surface area contributed by atoms with E-state index in [2.05, 4.69) is 15.3 Å². The number of carbonyl (C=O) groups excluding carboxylic acids is 1. The summed E-state index contributed by atoms with van der Waals surface area (Å²) in [5.41, 5.74) is 0.822. The van der Waals surface area contributed by atoms with Gasteiger partial charge in [-0.2, -0.15) is 4.68 Å². The minimum absolute atomic E-state index is 0.0640. The number of rotatable bonds is 5. The van der Waals surface area contributed by atoms with Crippen LogP contribution in [0.5, 0.6) is 0 Å². The van der Waals surface area contributed by atoms with Crippen molar-refractivity contribution in [3.63, 3.8) is 0 Å². The molecule has 30 heavy (non-hydrogen) atoms. The van der Waals surface area contributed by atoms with E-state index < -0.39 is 11.7 Å². The Hall–Kier alpha value is -2.85. The number of nitrogens with zero attached hydrogens (tertiary/aromatic N) is 5. The Morgan fingerprint density at radius 2 is 1.80 bits per heavy atom. The highest BCUT2D eigenvalue weighted by molar-refractivity contribution is 7.14. The van der Waals surface area contributed by atoms with Crippen LogP contribution < -0.4 is 5.69 Å². The molecular weight excluding hydrogens is 422 g/mol. The summed E-state index contributed by atoms with van der Waals surface area (Å²) in [5, 5.41) is 16.6. The van der Waals surface area contributed by atoms with Crippen molar-refractivity contribution in [1.82, 2.24) is 24.4 Å². The molecule has 0 radical (unpaired) electrons. The maximum Gasteiger partial charge on any atom is 0.352 e. The first-order chi connectivity index (χ1) is 14.7. The Kier molecular flexibility index (Phi) is 5.17. The van der Waals surface area contributed by atoms with Gasteiger partial charge in [-0.15, -0.1) is 38.0 Å². The number of aromatic nitrogens is 5. The van der Waals surface area contributed by atoms with Gasteiger partial charge in [0.2, 0.25) is 0 Å². The summed E-state index contributed by atoms with van der Waals surface area (Å²) in [6, 6.07) is 7.72. The van der Waals surface area contributed by atoms with Crippen LogP contribution in [0.15, 0.2) is 39.8 Å². The van der Waals surface area contributed by atoms with Crippen LogP contribution in [0.4, 0.5) is 0 Å². The maximum atomic E-state index is 13.2. The van der Waals surface area contributed by atoms with Crippen LogP contribution in [0.3, 0.4) is 0 Å². The lowest BCUT2D eigenvalue weighted by atomic mass is 9.98. The molecule has 0 aromatic carbocycles. The monoisotopic (exact) mass is 441 g/mol. The first-order valence-electron chi connectivity index (χ1n) is 9.84. The molecule has 8 nitrogen and oxygen atoms in total. The molecule has 0 amide bonds. The van der Waals surface area contributed by atoms with Crippen molar-refractivity contribution in [2.75, 3.05) is 0 Å². The molecule has 1 aliphatic rings. The third-order valence-corrected chi connectivity index (χ3v) is 6.90. The average molecular weight is 442 g/mol. The minimum Gasteiger partial charge on any atom is -0.461 e. The molecule has 0 atom stereocenters. The van der Waals surface area contributed by atoms with Crippen molar-refractivity contribution in [1.29, 1.82) is 0 Å². The van der Waals surface area contributed by atoms with Gasteiger partial charge in [-0.3, -0.25) is 4.79 Å². The van der Waals surface area contributed by atoms with E-state index >= 15 is 0 Å². The van der Waals surface area contributed by atoms with Crippen molar-refractivity contribution in [3.05, 3.63) is 45.5 Å². The van der Waals surface area contributed by atoms with E-state index in [0.29, 0.717) is 11.4 Å². The normalized spacial score (nSPS) is 14.9. The molecule has 0 bridgehead atoms. The molecule has 0 N–H and O–H groups in total. The quantitative estimate of drug-likeness (QED) is 0.439. The Morgan fingerprint density at radius 1 is 1.07 bits per heavy atom. The lowest BCUT2D eigenvalue weighted by Crippen LogP contribution is -2.29. The van der Waals surface area contributed by atoms with Gasteiger partial charge in [0.25, 0.3) is 5.78 Å². The van der Waals surface area contributed by atoms with E-state index in [0.717, 1.165) is 40.1 Å². The molecule has 0 unspecified atom stereocenters. The molecule has 0 saturated heterocycles. The van der Waals surface area contributed by atoms with Gasteiger partial charge in [0.1, 0.15) is 24.0 Å². The Morgan fingerprint density at radius 3 is 2.50 bits per heavy atom. The van der Waals surface area contributed by atoms with Crippen molar-refractivity contribution in [3.8, 4) is 21.1 Å².